The summed E-state index contributed by atoms with van der Waals surface area (Å²) in [6.07, 6.45) is 6.49. The van der Waals surface area contributed by atoms with E-state index in [-0.39, 0.29) is 11.5 Å². The molecule has 5 heteroatoms. The summed E-state index contributed by atoms with van der Waals surface area (Å²) < 4.78 is 14.6. The fraction of sp³-hybridized carbons (Fsp3) is 0.471. The lowest BCUT2D eigenvalue weighted by Crippen LogP contribution is -2.62. The van der Waals surface area contributed by atoms with Gasteiger partial charge in [-0.25, -0.2) is 4.39 Å². The van der Waals surface area contributed by atoms with E-state index in [9.17, 15) is 4.39 Å². The molecule has 2 bridgehead atoms. The van der Waals surface area contributed by atoms with E-state index in [1.807, 2.05) is 18.2 Å². The molecule has 1 aromatic heterocycles. The summed E-state index contributed by atoms with van der Waals surface area (Å²) in [5, 5.41) is 10.5. The van der Waals surface area contributed by atoms with Crippen molar-refractivity contribution in [3.05, 3.63) is 35.0 Å². The van der Waals surface area contributed by atoms with Crippen molar-refractivity contribution in [2.75, 3.05) is 0 Å². The first kappa shape index (κ1) is 12.9. The lowest BCUT2D eigenvalue weighted by atomic mass is 9.64. The van der Waals surface area contributed by atoms with Crippen LogP contribution in [0, 0.1) is 17.7 Å². The second kappa shape index (κ2) is 4.44. The SMILES string of the molecule is Fc1csc2cc(C3=NN[C@]4(CC5CCC4CC5)N3)ccc12. The lowest BCUT2D eigenvalue weighted by Gasteiger charge is -2.49. The normalized spacial score (nSPS) is 33.0. The van der Waals surface area contributed by atoms with E-state index in [1.54, 1.807) is 5.38 Å². The monoisotopic (exact) mass is 315 g/mol. The zero-order chi connectivity index (χ0) is 14.7. The van der Waals surface area contributed by atoms with Crippen LogP contribution >= 0.6 is 11.3 Å². The van der Waals surface area contributed by atoms with Crippen LogP contribution in [0.5, 0.6) is 0 Å². The molecule has 3 fully saturated rings. The third-order valence-corrected chi connectivity index (χ3v) is 6.58. The highest BCUT2D eigenvalue weighted by molar-refractivity contribution is 7.17. The summed E-state index contributed by atoms with van der Waals surface area (Å²) >= 11 is 1.45. The summed E-state index contributed by atoms with van der Waals surface area (Å²) in [7, 11) is 0. The molecular weight excluding hydrogens is 297 g/mol. The summed E-state index contributed by atoms with van der Waals surface area (Å²) in [6.45, 7) is 0. The van der Waals surface area contributed by atoms with Gasteiger partial charge < -0.3 is 5.32 Å². The minimum absolute atomic E-state index is 0.0356. The number of benzene rings is 1. The van der Waals surface area contributed by atoms with Crippen molar-refractivity contribution in [2.45, 2.75) is 37.8 Å². The Bertz CT molecular complexity index is 775. The number of nitrogens with zero attached hydrogens (tertiary/aromatic N) is 1. The van der Waals surface area contributed by atoms with Crippen LogP contribution in [-0.4, -0.2) is 11.5 Å². The Morgan fingerprint density at radius 1 is 1.23 bits per heavy atom. The molecule has 0 amide bonds. The standard InChI is InChI=1S/C17H18FN3S/c18-14-9-22-15-7-11(3-6-13(14)15)16-19-17(21-20-16)8-10-1-4-12(17)5-2-10/h3,6-7,9-10,12,21H,1-2,4-5,8H2,(H,19,20)/t10?,12?,17-/m0/s1. The molecule has 1 spiro atoms. The van der Waals surface area contributed by atoms with Crippen LogP contribution in [0.4, 0.5) is 4.39 Å². The van der Waals surface area contributed by atoms with Gasteiger partial charge in [0.1, 0.15) is 11.5 Å². The van der Waals surface area contributed by atoms with Gasteiger partial charge in [-0.05, 0) is 50.2 Å². The van der Waals surface area contributed by atoms with E-state index in [1.165, 1.54) is 43.4 Å². The second-order valence-corrected chi connectivity index (χ2v) is 7.80. The summed E-state index contributed by atoms with van der Waals surface area (Å²) in [5.74, 6) is 2.27. The number of rotatable bonds is 1. The largest absolute Gasteiger partial charge is 0.344 e. The molecule has 0 saturated heterocycles. The maximum atomic E-state index is 13.6. The van der Waals surface area contributed by atoms with Crippen LogP contribution in [0.25, 0.3) is 10.1 Å². The van der Waals surface area contributed by atoms with Crippen molar-refractivity contribution < 1.29 is 4.39 Å². The molecule has 1 aliphatic heterocycles. The molecule has 22 heavy (non-hydrogen) atoms. The molecule has 3 nitrogen and oxygen atoms in total. The molecule has 3 aliphatic carbocycles. The molecular formula is C17H18FN3S. The van der Waals surface area contributed by atoms with Gasteiger partial charge in [0, 0.05) is 26.9 Å². The van der Waals surface area contributed by atoms with Crippen LogP contribution in [0.2, 0.25) is 0 Å². The summed E-state index contributed by atoms with van der Waals surface area (Å²) in [5.41, 5.74) is 4.42. The van der Waals surface area contributed by atoms with E-state index in [2.05, 4.69) is 15.8 Å². The van der Waals surface area contributed by atoms with Crippen molar-refractivity contribution in [3.8, 4) is 0 Å². The number of hydrogen-bond acceptors (Lipinski definition) is 4. The molecule has 2 N–H and O–H groups in total. The van der Waals surface area contributed by atoms with E-state index in [0.717, 1.165) is 22.0 Å². The third kappa shape index (κ3) is 1.75. The predicted molar refractivity (Wildman–Crippen MR) is 87.4 cm³/mol. The molecule has 6 rings (SSSR count). The average Bonchev–Trinajstić information content (AvgIpc) is 3.13. The molecule has 2 aromatic rings. The van der Waals surface area contributed by atoms with Gasteiger partial charge in [0.2, 0.25) is 0 Å². The van der Waals surface area contributed by atoms with Gasteiger partial charge in [-0.2, -0.15) is 5.10 Å². The fourth-order valence-corrected chi connectivity index (χ4v) is 5.32. The number of fused-ring (bicyclic) bond motifs is 3. The molecule has 4 aliphatic rings. The quantitative estimate of drug-likeness (QED) is 0.840. The van der Waals surface area contributed by atoms with E-state index in [4.69, 9.17) is 0 Å². The first-order chi connectivity index (χ1) is 10.7. The topological polar surface area (TPSA) is 36.4 Å². The van der Waals surface area contributed by atoms with Crippen LogP contribution in [0.15, 0.2) is 28.7 Å². The number of halogens is 1. The van der Waals surface area contributed by atoms with E-state index >= 15 is 0 Å². The van der Waals surface area contributed by atoms with Crippen LogP contribution in [0.1, 0.15) is 37.7 Å². The highest BCUT2D eigenvalue weighted by Gasteiger charge is 2.50. The summed E-state index contributed by atoms with van der Waals surface area (Å²) in [6, 6.07) is 5.86. The minimum Gasteiger partial charge on any atom is -0.344 e. The van der Waals surface area contributed by atoms with Crippen molar-refractivity contribution in [1.29, 1.82) is 0 Å². The van der Waals surface area contributed by atoms with E-state index < -0.39 is 0 Å². The molecule has 1 aromatic carbocycles. The van der Waals surface area contributed by atoms with Gasteiger partial charge >= 0.3 is 0 Å². The number of hydrazone groups is 1. The Balaban J connectivity index is 1.46. The van der Waals surface area contributed by atoms with Crippen LogP contribution in [0.3, 0.4) is 0 Å². The number of amidine groups is 1. The van der Waals surface area contributed by atoms with Crippen molar-refractivity contribution >= 4 is 27.3 Å². The van der Waals surface area contributed by atoms with Gasteiger partial charge in [0.05, 0.1) is 0 Å². The first-order valence-electron chi connectivity index (χ1n) is 8.04. The maximum absolute atomic E-state index is 13.6. The Hall–Kier alpha value is -1.62. The lowest BCUT2D eigenvalue weighted by molar-refractivity contribution is 0.0394. The zero-order valence-corrected chi connectivity index (χ0v) is 13.0. The second-order valence-electron chi connectivity index (χ2n) is 6.88. The van der Waals surface area contributed by atoms with E-state index in [0.29, 0.717) is 11.3 Å². The Kier molecular flexibility index (Phi) is 2.60. The van der Waals surface area contributed by atoms with Crippen molar-refractivity contribution in [2.24, 2.45) is 16.9 Å². The number of hydrogen-bond donors (Lipinski definition) is 2. The molecule has 1 atom stereocenters. The molecule has 2 heterocycles. The molecule has 114 valence electrons. The van der Waals surface area contributed by atoms with Crippen LogP contribution < -0.4 is 10.7 Å². The number of thiophene rings is 1. The van der Waals surface area contributed by atoms with Gasteiger partial charge in [-0.15, -0.1) is 11.3 Å². The minimum atomic E-state index is -0.132. The highest BCUT2D eigenvalue weighted by Crippen LogP contribution is 2.47. The zero-order valence-electron chi connectivity index (χ0n) is 12.2. The van der Waals surface area contributed by atoms with Gasteiger partial charge in [0.25, 0.3) is 0 Å². The Labute approximate surface area is 132 Å². The highest BCUT2D eigenvalue weighted by atomic mass is 32.1. The predicted octanol–water partition coefficient (Wildman–Crippen LogP) is 3.80. The van der Waals surface area contributed by atoms with Crippen molar-refractivity contribution in [1.82, 2.24) is 10.7 Å². The van der Waals surface area contributed by atoms with Gasteiger partial charge in [-0.1, -0.05) is 6.07 Å². The summed E-state index contributed by atoms with van der Waals surface area (Å²) in [4.78, 5) is 0. The molecule has 0 radical (unpaired) electrons. The number of nitrogens with one attached hydrogen (secondary N) is 2. The molecule has 3 saturated carbocycles. The van der Waals surface area contributed by atoms with Crippen LogP contribution in [-0.2, 0) is 0 Å². The van der Waals surface area contributed by atoms with Gasteiger partial charge in [-0.3, -0.25) is 5.43 Å². The maximum Gasteiger partial charge on any atom is 0.155 e. The smallest absolute Gasteiger partial charge is 0.155 e. The van der Waals surface area contributed by atoms with Crippen molar-refractivity contribution in [3.63, 3.8) is 0 Å². The Morgan fingerprint density at radius 2 is 2.09 bits per heavy atom. The first-order valence-corrected chi connectivity index (χ1v) is 8.92. The van der Waals surface area contributed by atoms with Gasteiger partial charge in [0.15, 0.2) is 5.84 Å². The molecule has 0 unspecified atom stereocenters. The average molecular weight is 315 g/mol. The fourth-order valence-electron chi connectivity index (χ4n) is 4.47. The Morgan fingerprint density at radius 3 is 2.86 bits per heavy atom. The third-order valence-electron chi connectivity index (χ3n) is 5.66.